The van der Waals surface area contributed by atoms with E-state index in [0.29, 0.717) is 13.0 Å². The molecule has 7 heteroatoms. The summed E-state index contributed by atoms with van der Waals surface area (Å²) in [5.74, 6) is 0.252. The summed E-state index contributed by atoms with van der Waals surface area (Å²) in [5, 5.41) is 6.96. The van der Waals surface area contributed by atoms with Crippen LogP contribution in [0.2, 0.25) is 0 Å². The first-order chi connectivity index (χ1) is 11.7. The quantitative estimate of drug-likeness (QED) is 0.749. The molecule has 5 nitrogen and oxygen atoms in total. The third-order valence-corrected chi connectivity index (χ3v) is 5.54. The first-order valence-corrected chi connectivity index (χ1v) is 9.56. The maximum absolute atomic E-state index is 12.4. The van der Waals surface area contributed by atoms with Gasteiger partial charge in [0.1, 0.15) is 0 Å². The lowest BCUT2D eigenvalue weighted by Gasteiger charge is -2.39. The number of nitrogens with one attached hydrogen (secondary N) is 2. The molecule has 0 aromatic heterocycles. The summed E-state index contributed by atoms with van der Waals surface area (Å²) in [4.78, 5) is 14.3. The summed E-state index contributed by atoms with van der Waals surface area (Å²) >= 11 is 3.50. The fourth-order valence-corrected chi connectivity index (χ4v) is 3.80. The average Bonchev–Trinajstić information content (AvgIpc) is 2.63. The van der Waals surface area contributed by atoms with Crippen LogP contribution >= 0.6 is 28.3 Å². The molecule has 0 radical (unpaired) electrons. The number of halogens is 2. The van der Waals surface area contributed by atoms with E-state index in [1.54, 1.807) is 0 Å². The van der Waals surface area contributed by atoms with E-state index in [1.807, 2.05) is 4.90 Å². The Morgan fingerprint density at radius 2 is 1.84 bits per heavy atom. The summed E-state index contributed by atoms with van der Waals surface area (Å²) in [6.45, 7) is 5.68. The topological polar surface area (TPSA) is 53.6 Å². The van der Waals surface area contributed by atoms with E-state index in [9.17, 15) is 4.79 Å². The number of benzene rings is 1. The van der Waals surface area contributed by atoms with E-state index >= 15 is 0 Å². The molecule has 0 unspecified atom stereocenters. The second-order valence-electron chi connectivity index (χ2n) is 6.51. The van der Waals surface area contributed by atoms with Crippen LogP contribution < -0.4 is 10.6 Å². The molecule has 2 aliphatic rings. The first-order valence-electron chi connectivity index (χ1n) is 8.77. The SMILES string of the molecule is Cl.O=C(CCNC1(c2ccc(Br)cc2)CCOCC1)N1CCNCC1. The van der Waals surface area contributed by atoms with Crippen molar-refractivity contribution in [3.8, 4) is 0 Å². The maximum Gasteiger partial charge on any atom is 0.223 e. The molecule has 2 aliphatic heterocycles. The van der Waals surface area contributed by atoms with Gasteiger partial charge in [-0.2, -0.15) is 0 Å². The molecule has 0 bridgehead atoms. The minimum absolute atomic E-state index is 0. The molecule has 1 amide bonds. The van der Waals surface area contributed by atoms with E-state index in [-0.39, 0.29) is 23.9 Å². The lowest BCUT2D eigenvalue weighted by molar-refractivity contribution is -0.131. The highest BCUT2D eigenvalue weighted by molar-refractivity contribution is 9.10. The summed E-state index contributed by atoms with van der Waals surface area (Å²) < 4.78 is 6.65. The Hall–Kier alpha value is -0.660. The largest absolute Gasteiger partial charge is 0.381 e. The molecule has 0 atom stereocenters. The first kappa shape index (κ1) is 20.6. The van der Waals surface area contributed by atoms with Crippen molar-refractivity contribution >= 4 is 34.2 Å². The Labute approximate surface area is 164 Å². The molecule has 2 saturated heterocycles. The molecule has 0 aliphatic carbocycles. The van der Waals surface area contributed by atoms with Crippen molar-refractivity contribution in [3.63, 3.8) is 0 Å². The van der Waals surface area contributed by atoms with E-state index < -0.39 is 0 Å². The van der Waals surface area contributed by atoms with Gasteiger partial charge in [0.25, 0.3) is 0 Å². The normalized spacial score (nSPS) is 20.0. The van der Waals surface area contributed by atoms with Crippen LogP contribution in [0, 0.1) is 0 Å². The third-order valence-electron chi connectivity index (χ3n) is 5.02. The highest BCUT2D eigenvalue weighted by atomic mass is 79.9. The van der Waals surface area contributed by atoms with Gasteiger partial charge in [0, 0.05) is 62.4 Å². The molecular formula is C18H27BrClN3O2. The van der Waals surface area contributed by atoms with E-state index in [0.717, 1.165) is 56.7 Å². The fraction of sp³-hybridized carbons (Fsp3) is 0.611. The molecule has 25 heavy (non-hydrogen) atoms. The van der Waals surface area contributed by atoms with Gasteiger partial charge >= 0.3 is 0 Å². The zero-order chi connectivity index (χ0) is 16.8. The Balaban J connectivity index is 0.00000225. The van der Waals surface area contributed by atoms with Crippen molar-refractivity contribution in [3.05, 3.63) is 34.3 Å². The van der Waals surface area contributed by atoms with Crippen molar-refractivity contribution in [2.24, 2.45) is 0 Å². The fourth-order valence-electron chi connectivity index (χ4n) is 3.54. The second-order valence-corrected chi connectivity index (χ2v) is 7.42. The standard InChI is InChI=1S/C18H26BrN3O2.ClH/c19-16-3-1-15(2-4-16)18(6-13-24-14-7-18)21-8-5-17(23)22-11-9-20-10-12-22;/h1-4,20-21H,5-14H2;1H. The third kappa shape index (κ3) is 5.41. The van der Waals surface area contributed by atoms with Gasteiger partial charge in [0.15, 0.2) is 0 Å². The van der Waals surface area contributed by atoms with Crippen molar-refractivity contribution in [1.82, 2.24) is 15.5 Å². The molecule has 0 saturated carbocycles. The van der Waals surface area contributed by atoms with Gasteiger partial charge in [-0.3, -0.25) is 4.79 Å². The Morgan fingerprint density at radius 1 is 1.20 bits per heavy atom. The second kappa shape index (κ2) is 9.88. The number of carbonyl (C=O) groups is 1. The minimum Gasteiger partial charge on any atom is -0.381 e. The molecule has 140 valence electrons. The van der Waals surface area contributed by atoms with Gasteiger partial charge in [-0.05, 0) is 30.5 Å². The van der Waals surface area contributed by atoms with Gasteiger partial charge < -0.3 is 20.3 Å². The molecular weight excluding hydrogens is 406 g/mol. The van der Waals surface area contributed by atoms with Crippen LogP contribution in [0.3, 0.4) is 0 Å². The molecule has 1 aromatic carbocycles. The van der Waals surface area contributed by atoms with Gasteiger partial charge in [-0.15, -0.1) is 12.4 Å². The monoisotopic (exact) mass is 431 g/mol. The van der Waals surface area contributed by atoms with Crippen molar-refractivity contribution in [2.45, 2.75) is 24.8 Å². The molecule has 2 heterocycles. The number of nitrogens with zero attached hydrogens (tertiary/aromatic N) is 1. The van der Waals surface area contributed by atoms with Crippen LogP contribution in [0.25, 0.3) is 0 Å². The molecule has 0 spiro atoms. The maximum atomic E-state index is 12.4. The van der Waals surface area contributed by atoms with Crippen LogP contribution in [-0.4, -0.2) is 56.7 Å². The predicted molar refractivity (Wildman–Crippen MR) is 105 cm³/mol. The van der Waals surface area contributed by atoms with Crippen LogP contribution in [0.15, 0.2) is 28.7 Å². The van der Waals surface area contributed by atoms with Crippen LogP contribution in [0.1, 0.15) is 24.8 Å². The number of hydrogen-bond donors (Lipinski definition) is 2. The highest BCUT2D eigenvalue weighted by Gasteiger charge is 2.34. The summed E-state index contributed by atoms with van der Waals surface area (Å²) in [6.07, 6.45) is 2.44. The average molecular weight is 433 g/mol. The van der Waals surface area contributed by atoms with Crippen LogP contribution in [0.5, 0.6) is 0 Å². The number of piperazine rings is 1. The number of rotatable bonds is 5. The Kier molecular flexibility index (Phi) is 8.16. The van der Waals surface area contributed by atoms with E-state index in [4.69, 9.17) is 4.74 Å². The van der Waals surface area contributed by atoms with Crippen LogP contribution in [0.4, 0.5) is 0 Å². The summed E-state index contributed by atoms with van der Waals surface area (Å²) in [7, 11) is 0. The number of amides is 1. The number of ether oxygens (including phenoxy) is 1. The van der Waals surface area contributed by atoms with E-state index in [2.05, 4.69) is 50.8 Å². The summed E-state index contributed by atoms with van der Waals surface area (Å²) in [5.41, 5.74) is 1.20. The van der Waals surface area contributed by atoms with Gasteiger partial charge in [-0.25, -0.2) is 0 Å². The molecule has 2 fully saturated rings. The highest BCUT2D eigenvalue weighted by Crippen LogP contribution is 2.32. The Bertz CT molecular complexity index is 544. The molecule has 1 aromatic rings. The molecule has 3 rings (SSSR count). The number of hydrogen-bond acceptors (Lipinski definition) is 4. The van der Waals surface area contributed by atoms with Crippen molar-refractivity contribution < 1.29 is 9.53 Å². The zero-order valence-corrected chi connectivity index (χ0v) is 16.8. The van der Waals surface area contributed by atoms with E-state index in [1.165, 1.54) is 5.56 Å². The van der Waals surface area contributed by atoms with Gasteiger partial charge in [-0.1, -0.05) is 28.1 Å². The smallest absolute Gasteiger partial charge is 0.223 e. The van der Waals surface area contributed by atoms with Gasteiger partial charge in [0.2, 0.25) is 5.91 Å². The number of carbonyl (C=O) groups excluding carboxylic acids is 1. The van der Waals surface area contributed by atoms with Crippen molar-refractivity contribution in [1.29, 1.82) is 0 Å². The van der Waals surface area contributed by atoms with Crippen molar-refractivity contribution in [2.75, 3.05) is 45.9 Å². The lowest BCUT2D eigenvalue weighted by atomic mass is 9.82. The Morgan fingerprint density at radius 3 is 2.48 bits per heavy atom. The summed E-state index contributed by atoms with van der Waals surface area (Å²) in [6, 6.07) is 8.50. The van der Waals surface area contributed by atoms with Crippen LogP contribution in [-0.2, 0) is 15.1 Å². The lowest BCUT2D eigenvalue weighted by Crippen LogP contribution is -2.49. The zero-order valence-electron chi connectivity index (χ0n) is 14.4. The minimum atomic E-state index is -0.0807. The predicted octanol–water partition coefficient (Wildman–Crippen LogP) is 2.29. The molecule has 2 N–H and O–H groups in total. The van der Waals surface area contributed by atoms with Gasteiger partial charge in [0.05, 0.1) is 0 Å².